The first-order valence-electron chi connectivity index (χ1n) is 8.07. The van der Waals surface area contributed by atoms with Crippen molar-refractivity contribution >= 4 is 11.4 Å². The van der Waals surface area contributed by atoms with Crippen LogP contribution in [0.15, 0.2) is 36.4 Å². The Morgan fingerprint density at radius 1 is 1.04 bits per heavy atom. The Morgan fingerprint density at radius 3 is 2.27 bits per heavy atom. The lowest BCUT2D eigenvalue weighted by atomic mass is 9.92. The van der Waals surface area contributed by atoms with Crippen LogP contribution in [0.5, 0.6) is 11.5 Å². The molecule has 0 spiro atoms. The molecule has 2 aliphatic rings. The lowest BCUT2D eigenvalue weighted by molar-refractivity contribution is -0.482. The molecule has 0 amide bonds. The Balaban J connectivity index is 0.00000196. The van der Waals surface area contributed by atoms with Crippen molar-refractivity contribution in [3.05, 3.63) is 53.1 Å². The van der Waals surface area contributed by atoms with Crippen LogP contribution in [0.4, 0.5) is 18.9 Å². The fourth-order valence-electron chi connectivity index (χ4n) is 3.62. The van der Waals surface area contributed by atoms with Gasteiger partial charge in [0.2, 0.25) is 12.5 Å². The zero-order valence-corrected chi connectivity index (χ0v) is 15.0. The van der Waals surface area contributed by atoms with E-state index in [9.17, 15) is 13.2 Å². The summed E-state index contributed by atoms with van der Waals surface area (Å²) in [5, 5.41) is 0. The molecular formula is C19H17ClF3NO2. The highest BCUT2D eigenvalue weighted by Gasteiger charge is 2.34. The number of ether oxygens (including phenoxy) is 2. The highest BCUT2D eigenvalue weighted by molar-refractivity contribution is 5.98. The predicted octanol–water partition coefficient (Wildman–Crippen LogP) is 1.54. The van der Waals surface area contributed by atoms with E-state index < -0.39 is 11.7 Å². The second-order valence-electron chi connectivity index (χ2n) is 6.42. The van der Waals surface area contributed by atoms with Gasteiger partial charge in [0, 0.05) is 31.0 Å². The normalized spacial score (nSPS) is 18.4. The Hall–Kier alpha value is -2.21. The van der Waals surface area contributed by atoms with Crippen molar-refractivity contribution in [3.8, 4) is 11.5 Å². The SMILES string of the molecule is CC1=[N+](c2ccc(C(F)(F)F)cc2)C(C)Cc2cc3c(cc21)OCO3.[Cl-]. The van der Waals surface area contributed by atoms with Crippen LogP contribution in [0.25, 0.3) is 0 Å². The van der Waals surface area contributed by atoms with Gasteiger partial charge in [-0.25, -0.2) is 0 Å². The summed E-state index contributed by atoms with van der Waals surface area (Å²) in [5.41, 5.74) is 3.31. The molecule has 0 bridgehead atoms. The zero-order chi connectivity index (χ0) is 17.8. The molecule has 0 fully saturated rings. The molecule has 2 aromatic carbocycles. The van der Waals surface area contributed by atoms with Gasteiger partial charge in [0.05, 0.1) is 5.56 Å². The summed E-state index contributed by atoms with van der Waals surface area (Å²) in [6, 6.07) is 9.40. The van der Waals surface area contributed by atoms with Crippen molar-refractivity contribution in [2.45, 2.75) is 32.5 Å². The van der Waals surface area contributed by atoms with Crippen molar-refractivity contribution in [1.82, 2.24) is 0 Å². The third-order valence-corrected chi connectivity index (χ3v) is 4.78. The van der Waals surface area contributed by atoms with E-state index in [1.807, 2.05) is 19.1 Å². The van der Waals surface area contributed by atoms with Crippen LogP contribution >= 0.6 is 0 Å². The van der Waals surface area contributed by atoms with Crippen molar-refractivity contribution < 1.29 is 39.6 Å². The highest BCUT2D eigenvalue weighted by Crippen LogP contribution is 2.38. The Morgan fingerprint density at radius 2 is 1.65 bits per heavy atom. The minimum Gasteiger partial charge on any atom is -1.00 e. The maximum Gasteiger partial charge on any atom is 0.416 e. The van der Waals surface area contributed by atoms with Crippen molar-refractivity contribution in [2.75, 3.05) is 6.79 Å². The molecule has 2 aliphatic heterocycles. The number of hydrogen-bond donors (Lipinski definition) is 0. The van der Waals surface area contributed by atoms with Crippen LogP contribution in [0.2, 0.25) is 0 Å². The van der Waals surface area contributed by atoms with E-state index in [2.05, 4.69) is 11.5 Å². The molecule has 0 aliphatic carbocycles. The summed E-state index contributed by atoms with van der Waals surface area (Å²) in [7, 11) is 0. The average Bonchev–Trinajstić information content (AvgIpc) is 3.00. The van der Waals surface area contributed by atoms with Crippen molar-refractivity contribution in [1.29, 1.82) is 0 Å². The highest BCUT2D eigenvalue weighted by atomic mass is 35.5. The number of rotatable bonds is 1. The number of hydrogen-bond acceptors (Lipinski definition) is 2. The van der Waals surface area contributed by atoms with Crippen LogP contribution in [0, 0.1) is 0 Å². The van der Waals surface area contributed by atoms with Gasteiger partial charge in [-0.15, -0.1) is 0 Å². The molecule has 138 valence electrons. The molecule has 0 saturated heterocycles. The quantitative estimate of drug-likeness (QED) is 0.697. The minimum atomic E-state index is -4.32. The van der Waals surface area contributed by atoms with Crippen molar-refractivity contribution in [3.63, 3.8) is 0 Å². The molecular weight excluding hydrogens is 367 g/mol. The largest absolute Gasteiger partial charge is 1.00 e. The van der Waals surface area contributed by atoms with E-state index in [1.54, 1.807) is 0 Å². The number of fused-ring (bicyclic) bond motifs is 2. The first kappa shape index (κ1) is 18.6. The monoisotopic (exact) mass is 383 g/mol. The second-order valence-corrected chi connectivity index (χ2v) is 6.42. The number of benzene rings is 2. The molecule has 26 heavy (non-hydrogen) atoms. The van der Waals surface area contributed by atoms with Gasteiger partial charge in [-0.2, -0.15) is 17.7 Å². The lowest BCUT2D eigenvalue weighted by Gasteiger charge is -2.22. The molecule has 0 saturated carbocycles. The molecule has 0 N–H and O–H groups in total. The van der Waals surface area contributed by atoms with Crippen LogP contribution in [0.3, 0.4) is 0 Å². The maximum atomic E-state index is 12.8. The third kappa shape index (κ3) is 3.03. The van der Waals surface area contributed by atoms with E-state index in [4.69, 9.17) is 9.47 Å². The number of nitrogens with zero attached hydrogens (tertiary/aromatic N) is 1. The topological polar surface area (TPSA) is 21.5 Å². The first-order chi connectivity index (χ1) is 11.8. The fraction of sp³-hybridized carbons (Fsp3) is 0.316. The van der Waals surface area contributed by atoms with Gasteiger partial charge in [-0.3, -0.25) is 0 Å². The van der Waals surface area contributed by atoms with Gasteiger partial charge in [0.1, 0.15) is 0 Å². The summed E-state index contributed by atoms with van der Waals surface area (Å²) in [6.07, 6.45) is -3.54. The Labute approximate surface area is 155 Å². The first-order valence-corrected chi connectivity index (χ1v) is 8.07. The van der Waals surface area contributed by atoms with Crippen LogP contribution in [-0.4, -0.2) is 23.1 Å². The maximum absolute atomic E-state index is 12.8. The Bertz CT molecular complexity index is 876. The van der Waals surface area contributed by atoms with Gasteiger partial charge in [-0.05, 0) is 36.8 Å². The molecule has 1 atom stereocenters. The smallest absolute Gasteiger partial charge is 0.416 e. The predicted molar refractivity (Wildman–Crippen MR) is 86.9 cm³/mol. The van der Waals surface area contributed by atoms with Crippen LogP contribution in [-0.2, 0) is 12.6 Å². The minimum absolute atomic E-state index is 0. The van der Waals surface area contributed by atoms with Crippen molar-refractivity contribution in [2.24, 2.45) is 0 Å². The van der Waals surface area contributed by atoms with Gasteiger partial charge >= 0.3 is 6.18 Å². The molecule has 1 unspecified atom stereocenters. The molecule has 7 heteroatoms. The van der Waals surface area contributed by atoms with Gasteiger partial charge in [-0.1, -0.05) is 0 Å². The summed E-state index contributed by atoms with van der Waals surface area (Å²) in [6.45, 7) is 4.26. The van der Waals surface area contributed by atoms with Gasteiger partial charge in [0.15, 0.2) is 23.3 Å². The molecule has 3 nitrogen and oxygen atoms in total. The van der Waals surface area contributed by atoms with E-state index in [0.717, 1.165) is 46.8 Å². The summed E-state index contributed by atoms with van der Waals surface area (Å²) in [4.78, 5) is 0. The second kappa shape index (κ2) is 6.50. The van der Waals surface area contributed by atoms with Gasteiger partial charge < -0.3 is 21.9 Å². The van der Waals surface area contributed by atoms with E-state index >= 15 is 0 Å². The molecule has 2 heterocycles. The Kier molecular flexibility index (Phi) is 4.65. The molecule has 4 rings (SSSR count). The molecule has 2 aromatic rings. The van der Waals surface area contributed by atoms with E-state index in [-0.39, 0.29) is 25.2 Å². The van der Waals surface area contributed by atoms with Gasteiger partial charge in [0.25, 0.3) is 0 Å². The summed E-state index contributed by atoms with van der Waals surface area (Å²) >= 11 is 0. The molecule has 0 aromatic heterocycles. The average molecular weight is 384 g/mol. The van der Waals surface area contributed by atoms with E-state index in [1.165, 1.54) is 12.1 Å². The van der Waals surface area contributed by atoms with Crippen LogP contribution in [0.1, 0.15) is 30.5 Å². The number of alkyl halides is 3. The zero-order valence-electron chi connectivity index (χ0n) is 14.2. The lowest BCUT2D eigenvalue weighted by Crippen LogP contribution is -3.00. The fourth-order valence-corrected chi connectivity index (χ4v) is 3.62. The third-order valence-electron chi connectivity index (χ3n) is 4.78. The van der Waals surface area contributed by atoms with E-state index in [0.29, 0.717) is 5.75 Å². The summed E-state index contributed by atoms with van der Waals surface area (Å²) < 4.78 is 51.4. The standard InChI is InChI=1S/C19H17F3NO2.ClH/c1-11-7-13-8-17-18(25-10-24-17)9-16(13)12(2)23(11)15-5-3-14(4-6-15)19(20,21)22;/h3-6,8-9,11H,7,10H2,1-2H3;1H/q+1;/p-1. The molecule has 0 radical (unpaired) electrons. The summed E-state index contributed by atoms with van der Waals surface area (Å²) in [5.74, 6) is 1.46. The number of halogens is 4. The van der Waals surface area contributed by atoms with Crippen LogP contribution < -0.4 is 21.9 Å².